The molecule has 7 heteroatoms. The molecule has 0 saturated carbocycles. The maximum atomic E-state index is 14.1. The number of aromatic nitrogens is 1. The van der Waals surface area contributed by atoms with Gasteiger partial charge in [0.05, 0.1) is 11.7 Å². The largest absolute Gasteiger partial charge is 0.376 e. The van der Waals surface area contributed by atoms with Gasteiger partial charge in [0, 0.05) is 29.1 Å². The molecule has 0 spiro atoms. The lowest BCUT2D eigenvalue weighted by Crippen LogP contribution is -2.47. The minimum absolute atomic E-state index is 0.103. The average Bonchev–Trinajstić information content (AvgIpc) is 2.48. The zero-order valence-corrected chi connectivity index (χ0v) is 12.6. The summed E-state index contributed by atoms with van der Waals surface area (Å²) < 4.78 is 14.1. The second-order valence-corrected chi connectivity index (χ2v) is 5.41. The first-order valence-corrected chi connectivity index (χ1v) is 7.06. The summed E-state index contributed by atoms with van der Waals surface area (Å²) in [5.41, 5.74) is 14.4. The molecule has 1 unspecified atom stereocenters. The lowest BCUT2D eigenvalue weighted by molar-refractivity contribution is 0.471. The molecule has 0 amide bonds. The normalized spacial score (nSPS) is 16.9. The Morgan fingerprint density at radius 1 is 1.41 bits per heavy atom. The number of benzene rings is 1. The summed E-state index contributed by atoms with van der Waals surface area (Å²) in [7, 11) is 0. The van der Waals surface area contributed by atoms with E-state index < -0.39 is 0 Å². The molecule has 0 bridgehead atoms. The number of thiocarbonyl (C=S) groups is 1. The molecular weight excluding hydrogens is 301 g/mol. The van der Waals surface area contributed by atoms with Crippen LogP contribution in [-0.4, -0.2) is 21.0 Å². The highest BCUT2D eigenvalue weighted by Gasteiger charge is 2.29. The van der Waals surface area contributed by atoms with Crippen LogP contribution in [0, 0.1) is 5.82 Å². The van der Waals surface area contributed by atoms with Crippen LogP contribution in [-0.2, 0) is 0 Å². The smallest absolute Gasteiger partial charge is 0.203 e. The SMILES string of the molecule is CC1c2cc(F)cc(-c3cccnc3)c2N=C(N)N1C(N)=S. The third kappa shape index (κ3) is 2.29. The topological polar surface area (TPSA) is 80.5 Å². The van der Waals surface area contributed by atoms with Crippen LogP contribution >= 0.6 is 12.2 Å². The lowest BCUT2D eigenvalue weighted by Gasteiger charge is -2.33. The molecular formula is C15H14FN5S. The van der Waals surface area contributed by atoms with E-state index in [-0.39, 0.29) is 22.9 Å². The number of halogens is 1. The van der Waals surface area contributed by atoms with Gasteiger partial charge in [0.25, 0.3) is 0 Å². The molecule has 112 valence electrons. The van der Waals surface area contributed by atoms with Crippen LogP contribution in [0.15, 0.2) is 41.7 Å². The van der Waals surface area contributed by atoms with Crippen LogP contribution in [0.5, 0.6) is 0 Å². The number of hydrogen-bond donors (Lipinski definition) is 2. The van der Waals surface area contributed by atoms with Gasteiger partial charge in [0.2, 0.25) is 5.96 Å². The van der Waals surface area contributed by atoms with E-state index >= 15 is 0 Å². The molecule has 1 atom stereocenters. The van der Waals surface area contributed by atoms with E-state index in [1.54, 1.807) is 18.5 Å². The van der Waals surface area contributed by atoms with Crippen molar-refractivity contribution in [3.63, 3.8) is 0 Å². The third-order valence-corrected chi connectivity index (χ3v) is 3.82. The standard InChI is InChI=1S/C15H14FN5S/c1-8-11-5-10(16)6-12(9-3-2-4-19-7-9)13(11)20-14(17)21(8)15(18)22/h2-8H,1H3,(H2,17,20)(H2,18,22). The van der Waals surface area contributed by atoms with Crippen LogP contribution in [0.1, 0.15) is 18.5 Å². The summed E-state index contributed by atoms with van der Waals surface area (Å²) in [6, 6.07) is 6.19. The molecule has 0 radical (unpaired) electrons. The van der Waals surface area contributed by atoms with E-state index in [0.29, 0.717) is 16.8 Å². The summed E-state index contributed by atoms with van der Waals surface area (Å²) in [6.07, 6.45) is 3.31. The zero-order chi connectivity index (χ0) is 15.9. The summed E-state index contributed by atoms with van der Waals surface area (Å²) in [4.78, 5) is 9.95. The van der Waals surface area contributed by atoms with Gasteiger partial charge in [-0.1, -0.05) is 6.07 Å². The Bertz CT molecular complexity index is 775. The highest BCUT2D eigenvalue weighted by Crippen LogP contribution is 2.41. The molecule has 3 rings (SSSR count). The van der Waals surface area contributed by atoms with Crippen molar-refractivity contribution >= 4 is 29.0 Å². The number of nitrogens with zero attached hydrogens (tertiary/aromatic N) is 3. The molecule has 5 nitrogen and oxygen atoms in total. The van der Waals surface area contributed by atoms with Gasteiger partial charge in [0.1, 0.15) is 5.82 Å². The maximum absolute atomic E-state index is 14.1. The fourth-order valence-corrected chi connectivity index (χ4v) is 2.87. The van der Waals surface area contributed by atoms with Crippen molar-refractivity contribution in [3.05, 3.63) is 48.0 Å². The molecule has 1 aliphatic heterocycles. The fraction of sp³-hybridized carbons (Fsp3) is 0.133. The average molecular weight is 315 g/mol. The lowest BCUT2D eigenvalue weighted by atomic mass is 9.96. The number of hydrogen-bond acceptors (Lipinski definition) is 4. The Hall–Kier alpha value is -2.54. The Kier molecular flexibility index (Phi) is 3.50. The van der Waals surface area contributed by atoms with Crippen LogP contribution < -0.4 is 11.5 Å². The van der Waals surface area contributed by atoms with Crippen molar-refractivity contribution in [2.45, 2.75) is 13.0 Å². The second kappa shape index (κ2) is 5.34. The number of rotatable bonds is 1. The third-order valence-electron chi connectivity index (χ3n) is 3.62. The van der Waals surface area contributed by atoms with E-state index in [9.17, 15) is 4.39 Å². The molecule has 0 saturated heterocycles. The van der Waals surface area contributed by atoms with E-state index in [1.165, 1.54) is 17.0 Å². The van der Waals surface area contributed by atoms with Gasteiger partial charge in [-0.05, 0) is 37.3 Å². The second-order valence-electron chi connectivity index (χ2n) is 4.99. The molecule has 4 N–H and O–H groups in total. The predicted molar refractivity (Wildman–Crippen MR) is 88.0 cm³/mol. The van der Waals surface area contributed by atoms with Gasteiger partial charge >= 0.3 is 0 Å². The highest BCUT2D eigenvalue weighted by atomic mass is 32.1. The van der Waals surface area contributed by atoms with Crippen molar-refractivity contribution in [2.75, 3.05) is 0 Å². The Balaban J connectivity index is 2.25. The van der Waals surface area contributed by atoms with Gasteiger partial charge in [0.15, 0.2) is 5.11 Å². The Morgan fingerprint density at radius 2 is 2.18 bits per heavy atom. The quantitative estimate of drug-likeness (QED) is 0.790. The van der Waals surface area contributed by atoms with Crippen molar-refractivity contribution in [1.29, 1.82) is 0 Å². The van der Waals surface area contributed by atoms with E-state index in [1.807, 2.05) is 13.0 Å². The number of guanidine groups is 1. The zero-order valence-electron chi connectivity index (χ0n) is 11.8. The highest BCUT2D eigenvalue weighted by molar-refractivity contribution is 7.80. The summed E-state index contributed by atoms with van der Waals surface area (Å²) in [6.45, 7) is 1.85. The number of nitrogens with two attached hydrogens (primary N) is 2. The first-order valence-electron chi connectivity index (χ1n) is 6.65. The first kappa shape index (κ1) is 14.4. The van der Waals surface area contributed by atoms with Gasteiger partial charge in [-0.25, -0.2) is 9.38 Å². The molecule has 1 aromatic carbocycles. The van der Waals surface area contributed by atoms with Gasteiger partial charge in [-0.15, -0.1) is 0 Å². The molecule has 0 aliphatic carbocycles. The first-order chi connectivity index (χ1) is 10.5. The maximum Gasteiger partial charge on any atom is 0.203 e. The molecule has 2 heterocycles. The molecule has 2 aromatic rings. The van der Waals surface area contributed by atoms with Gasteiger partial charge < -0.3 is 11.5 Å². The Morgan fingerprint density at radius 3 is 2.82 bits per heavy atom. The number of fused-ring (bicyclic) bond motifs is 1. The van der Waals surface area contributed by atoms with Crippen molar-refractivity contribution in [1.82, 2.24) is 9.88 Å². The molecule has 0 fully saturated rings. The molecule has 1 aromatic heterocycles. The van der Waals surface area contributed by atoms with Crippen LogP contribution in [0.2, 0.25) is 0 Å². The van der Waals surface area contributed by atoms with Crippen LogP contribution in [0.25, 0.3) is 11.1 Å². The minimum atomic E-state index is -0.358. The van der Waals surface area contributed by atoms with Crippen molar-refractivity contribution in [2.24, 2.45) is 16.5 Å². The van der Waals surface area contributed by atoms with E-state index in [2.05, 4.69) is 9.98 Å². The molecule has 1 aliphatic rings. The molecule has 22 heavy (non-hydrogen) atoms. The number of aliphatic imine (C=N–C) groups is 1. The van der Waals surface area contributed by atoms with E-state index in [0.717, 1.165) is 5.56 Å². The summed E-state index contributed by atoms with van der Waals surface area (Å²) >= 11 is 5.00. The van der Waals surface area contributed by atoms with Crippen LogP contribution in [0.3, 0.4) is 0 Å². The van der Waals surface area contributed by atoms with E-state index in [4.69, 9.17) is 23.7 Å². The monoisotopic (exact) mass is 315 g/mol. The van der Waals surface area contributed by atoms with Crippen molar-refractivity contribution < 1.29 is 4.39 Å². The van der Waals surface area contributed by atoms with Gasteiger partial charge in [-0.3, -0.25) is 9.88 Å². The fourth-order valence-electron chi connectivity index (χ4n) is 2.62. The van der Waals surface area contributed by atoms with Gasteiger partial charge in [-0.2, -0.15) is 0 Å². The Labute approximate surface area is 132 Å². The van der Waals surface area contributed by atoms with Crippen molar-refractivity contribution in [3.8, 4) is 11.1 Å². The van der Waals surface area contributed by atoms with Crippen LogP contribution in [0.4, 0.5) is 10.1 Å². The minimum Gasteiger partial charge on any atom is -0.376 e. The summed E-state index contributed by atoms with van der Waals surface area (Å²) in [5.74, 6) is -0.160. The predicted octanol–water partition coefficient (Wildman–Crippen LogP) is 2.45. The summed E-state index contributed by atoms with van der Waals surface area (Å²) in [5, 5.41) is 0.103. The number of pyridine rings is 1.